The molecule has 0 aromatic heterocycles. The van der Waals surface area contributed by atoms with Crippen molar-refractivity contribution in [1.82, 2.24) is 0 Å². The quantitative estimate of drug-likeness (QED) is 0.889. The normalized spacial score (nSPS) is 11.8. The average Bonchev–Trinajstić information content (AvgIpc) is 2.47. The van der Waals surface area contributed by atoms with Crippen molar-refractivity contribution in [2.45, 2.75) is 13.0 Å². The van der Waals surface area contributed by atoms with Crippen LogP contribution in [0.2, 0.25) is 0 Å². The standard InChI is InChI=1S/C16H17BrN2O2/c1-10-3-5-11(6-4-10)15(18)16(20)19-13-9-12(17)7-8-14(13)21-2/h3-9,15H,18H2,1-2H3,(H,19,20). The van der Waals surface area contributed by atoms with Crippen LogP contribution in [-0.2, 0) is 4.79 Å². The number of ether oxygens (including phenoxy) is 1. The van der Waals surface area contributed by atoms with Crippen LogP contribution in [0.25, 0.3) is 0 Å². The van der Waals surface area contributed by atoms with Gasteiger partial charge in [-0.25, -0.2) is 0 Å². The summed E-state index contributed by atoms with van der Waals surface area (Å²) in [6, 6.07) is 12.2. The van der Waals surface area contributed by atoms with E-state index in [-0.39, 0.29) is 5.91 Å². The zero-order valence-corrected chi connectivity index (χ0v) is 13.5. The van der Waals surface area contributed by atoms with Gasteiger partial charge in [0, 0.05) is 4.47 Å². The number of hydrogen-bond donors (Lipinski definition) is 2. The van der Waals surface area contributed by atoms with Crippen LogP contribution in [0.5, 0.6) is 5.75 Å². The first kappa shape index (κ1) is 15.5. The summed E-state index contributed by atoms with van der Waals surface area (Å²) in [6.07, 6.45) is 0. The van der Waals surface area contributed by atoms with Gasteiger partial charge in [-0.3, -0.25) is 4.79 Å². The van der Waals surface area contributed by atoms with E-state index in [0.29, 0.717) is 11.4 Å². The molecule has 0 bridgehead atoms. The molecule has 1 amide bonds. The van der Waals surface area contributed by atoms with Gasteiger partial charge in [0.2, 0.25) is 5.91 Å². The zero-order chi connectivity index (χ0) is 15.4. The number of carbonyl (C=O) groups is 1. The van der Waals surface area contributed by atoms with Gasteiger partial charge in [0.25, 0.3) is 0 Å². The molecule has 0 radical (unpaired) electrons. The molecule has 2 aromatic rings. The molecular weight excluding hydrogens is 332 g/mol. The SMILES string of the molecule is COc1ccc(Br)cc1NC(=O)C(N)c1ccc(C)cc1. The number of halogens is 1. The van der Waals surface area contributed by atoms with Gasteiger partial charge in [-0.15, -0.1) is 0 Å². The maximum absolute atomic E-state index is 12.3. The van der Waals surface area contributed by atoms with Crippen LogP contribution in [0, 0.1) is 6.92 Å². The molecule has 110 valence electrons. The Morgan fingerprint density at radius 2 is 1.90 bits per heavy atom. The third-order valence-corrected chi connectivity index (χ3v) is 3.63. The molecule has 0 heterocycles. The summed E-state index contributed by atoms with van der Waals surface area (Å²) in [5.41, 5.74) is 8.48. The van der Waals surface area contributed by atoms with Crippen LogP contribution in [-0.4, -0.2) is 13.0 Å². The van der Waals surface area contributed by atoms with Crippen molar-refractivity contribution < 1.29 is 9.53 Å². The van der Waals surface area contributed by atoms with Gasteiger partial charge in [0.1, 0.15) is 11.8 Å². The topological polar surface area (TPSA) is 64.3 Å². The molecule has 4 nitrogen and oxygen atoms in total. The maximum atomic E-state index is 12.3. The Labute approximate surface area is 132 Å². The first-order valence-electron chi connectivity index (χ1n) is 6.48. The summed E-state index contributed by atoms with van der Waals surface area (Å²) >= 11 is 3.37. The minimum Gasteiger partial charge on any atom is -0.495 e. The monoisotopic (exact) mass is 348 g/mol. The highest BCUT2D eigenvalue weighted by Gasteiger charge is 2.17. The Hall–Kier alpha value is -1.85. The highest BCUT2D eigenvalue weighted by atomic mass is 79.9. The van der Waals surface area contributed by atoms with Crippen molar-refractivity contribution in [2.75, 3.05) is 12.4 Å². The Balaban J connectivity index is 2.17. The first-order valence-corrected chi connectivity index (χ1v) is 7.27. The van der Waals surface area contributed by atoms with E-state index in [0.717, 1.165) is 15.6 Å². The van der Waals surface area contributed by atoms with E-state index in [9.17, 15) is 4.79 Å². The maximum Gasteiger partial charge on any atom is 0.245 e. The highest BCUT2D eigenvalue weighted by molar-refractivity contribution is 9.10. The number of amides is 1. The lowest BCUT2D eigenvalue weighted by atomic mass is 10.1. The Morgan fingerprint density at radius 3 is 2.52 bits per heavy atom. The number of nitrogens with one attached hydrogen (secondary N) is 1. The molecule has 2 rings (SSSR count). The van der Waals surface area contributed by atoms with Crippen LogP contribution in [0.4, 0.5) is 5.69 Å². The Kier molecular flexibility index (Phi) is 4.98. The third kappa shape index (κ3) is 3.83. The van der Waals surface area contributed by atoms with Crippen molar-refractivity contribution in [2.24, 2.45) is 5.73 Å². The van der Waals surface area contributed by atoms with Crippen LogP contribution >= 0.6 is 15.9 Å². The van der Waals surface area contributed by atoms with Gasteiger partial charge in [0.15, 0.2) is 0 Å². The Bertz CT molecular complexity index is 641. The summed E-state index contributed by atoms with van der Waals surface area (Å²) in [4.78, 5) is 12.3. The van der Waals surface area contributed by atoms with E-state index in [1.165, 1.54) is 0 Å². The smallest absolute Gasteiger partial charge is 0.245 e. The summed E-state index contributed by atoms with van der Waals surface area (Å²) < 4.78 is 6.08. The highest BCUT2D eigenvalue weighted by Crippen LogP contribution is 2.28. The van der Waals surface area contributed by atoms with Gasteiger partial charge >= 0.3 is 0 Å². The average molecular weight is 349 g/mol. The van der Waals surface area contributed by atoms with Gasteiger partial charge in [0.05, 0.1) is 12.8 Å². The largest absolute Gasteiger partial charge is 0.495 e. The van der Waals surface area contributed by atoms with Crippen LogP contribution < -0.4 is 15.8 Å². The van der Waals surface area contributed by atoms with E-state index in [4.69, 9.17) is 10.5 Å². The molecule has 1 unspecified atom stereocenters. The minimum absolute atomic E-state index is 0.282. The Morgan fingerprint density at radius 1 is 1.24 bits per heavy atom. The van der Waals surface area contributed by atoms with E-state index in [1.807, 2.05) is 37.3 Å². The van der Waals surface area contributed by atoms with Crippen LogP contribution in [0.1, 0.15) is 17.2 Å². The molecule has 21 heavy (non-hydrogen) atoms. The van der Waals surface area contributed by atoms with Crippen molar-refractivity contribution in [3.8, 4) is 5.75 Å². The number of carbonyl (C=O) groups excluding carboxylic acids is 1. The molecule has 0 aliphatic carbocycles. The predicted octanol–water partition coefficient (Wildman–Crippen LogP) is 3.40. The molecule has 0 saturated carbocycles. The first-order chi connectivity index (χ1) is 10.0. The third-order valence-electron chi connectivity index (χ3n) is 3.14. The summed E-state index contributed by atoms with van der Waals surface area (Å²) in [7, 11) is 1.55. The van der Waals surface area contributed by atoms with E-state index < -0.39 is 6.04 Å². The second kappa shape index (κ2) is 6.74. The number of methoxy groups -OCH3 is 1. The fourth-order valence-corrected chi connectivity index (χ4v) is 2.27. The van der Waals surface area contributed by atoms with Crippen molar-refractivity contribution in [3.63, 3.8) is 0 Å². The fourth-order valence-electron chi connectivity index (χ4n) is 1.91. The molecule has 0 spiro atoms. The summed E-state index contributed by atoms with van der Waals surface area (Å²) in [5, 5.41) is 2.80. The van der Waals surface area contributed by atoms with Gasteiger partial charge in [-0.05, 0) is 30.7 Å². The molecule has 0 aliphatic rings. The number of benzene rings is 2. The molecule has 0 saturated heterocycles. The molecule has 0 fully saturated rings. The summed E-state index contributed by atoms with van der Waals surface area (Å²) in [5.74, 6) is 0.304. The predicted molar refractivity (Wildman–Crippen MR) is 87.4 cm³/mol. The van der Waals surface area contributed by atoms with Crippen molar-refractivity contribution in [1.29, 1.82) is 0 Å². The lowest BCUT2D eigenvalue weighted by molar-refractivity contribution is -0.117. The molecule has 1 atom stereocenters. The molecular formula is C16H17BrN2O2. The number of hydrogen-bond acceptors (Lipinski definition) is 3. The second-order valence-corrected chi connectivity index (χ2v) is 5.64. The van der Waals surface area contributed by atoms with E-state index in [2.05, 4.69) is 21.2 Å². The van der Waals surface area contributed by atoms with Crippen LogP contribution in [0.3, 0.4) is 0 Å². The lowest BCUT2D eigenvalue weighted by Crippen LogP contribution is -2.27. The molecule has 3 N–H and O–H groups in total. The second-order valence-electron chi connectivity index (χ2n) is 4.72. The van der Waals surface area contributed by atoms with Crippen LogP contribution in [0.15, 0.2) is 46.9 Å². The fraction of sp³-hybridized carbons (Fsp3) is 0.188. The lowest BCUT2D eigenvalue weighted by Gasteiger charge is -2.15. The van der Waals surface area contributed by atoms with E-state index in [1.54, 1.807) is 19.2 Å². The van der Waals surface area contributed by atoms with Gasteiger partial charge < -0.3 is 15.8 Å². The number of anilines is 1. The van der Waals surface area contributed by atoms with Crippen molar-refractivity contribution >= 4 is 27.5 Å². The van der Waals surface area contributed by atoms with E-state index >= 15 is 0 Å². The summed E-state index contributed by atoms with van der Waals surface area (Å²) in [6.45, 7) is 1.99. The molecule has 2 aromatic carbocycles. The molecule has 5 heteroatoms. The number of nitrogens with two attached hydrogens (primary N) is 1. The zero-order valence-electron chi connectivity index (χ0n) is 11.9. The van der Waals surface area contributed by atoms with Crippen molar-refractivity contribution in [3.05, 3.63) is 58.1 Å². The van der Waals surface area contributed by atoms with Gasteiger partial charge in [-0.1, -0.05) is 45.8 Å². The number of aryl methyl sites for hydroxylation is 1. The van der Waals surface area contributed by atoms with Gasteiger partial charge in [-0.2, -0.15) is 0 Å². The molecule has 0 aliphatic heterocycles. The number of rotatable bonds is 4. The minimum atomic E-state index is -0.728.